The third kappa shape index (κ3) is 7.46. The van der Waals surface area contributed by atoms with Crippen LogP contribution in [0.4, 0.5) is 11.9 Å². The molecule has 31 heteroatoms. The van der Waals surface area contributed by atoms with E-state index in [2.05, 4.69) is 42.6 Å². The Morgan fingerprint density at radius 1 is 0.962 bits per heavy atom. The second-order valence-corrected chi connectivity index (χ2v) is 15.9. The highest BCUT2D eigenvalue weighted by Gasteiger charge is 2.49. The Morgan fingerprint density at radius 2 is 1.58 bits per heavy atom. The molecular weight excluding hydrogens is 771 g/mol. The van der Waals surface area contributed by atoms with Crippen LogP contribution in [-0.4, -0.2) is 114 Å². The average molecular weight is 801 g/mol. The lowest BCUT2D eigenvalue weighted by molar-refractivity contribution is -0.740. The van der Waals surface area contributed by atoms with E-state index < -0.39 is 97.1 Å². The summed E-state index contributed by atoms with van der Waals surface area (Å²) < 4.78 is 69.5. The van der Waals surface area contributed by atoms with Crippen LogP contribution in [0.5, 0.6) is 5.88 Å². The van der Waals surface area contributed by atoms with Crippen molar-refractivity contribution in [3.63, 3.8) is 0 Å². The molecule has 0 saturated carbocycles. The van der Waals surface area contributed by atoms with Gasteiger partial charge in [0.2, 0.25) is 12.2 Å². The molecule has 2 aliphatic rings. The van der Waals surface area contributed by atoms with Gasteiger partial charge in [-0.05, 0) is 0 Å². The third-order valence-electron chi connectivity index (χ3n) is 7.72. The summed E-state index contributed by atoms with van der Waals surface area (Å²) in [6, 6.07) is -1.25. The molecule has 3 unspecified atom stereocenters. The first-order valence-corrected chi connectivity index (χ1v) is 18.9. The van der Waals surface area contributed by atoms with Gasteiger partial charge in [-0.15, -0.1) is 0 Å². The molecule has 6 rings (SSSR count). The third-order valence-corrected chi connectivity index (χ3v) is 12.0. The fraction of sp³-hybridized carbons (Fsp3) is 0.524. The maximum Gasteiger partial charge on any atom is 0.490 e. The highest BCUT2D eigenvalue weighted by molar-refractivity contribution is 7.66. The van der Waals surface area contributed by atoms with E-state index in [0.29, 0.717) is 0 Å². The van der Waals surface area contributed by atoms with E-state index in [1.165, 1.54) is 22.5 Å². The van der Waals surface area contributed by atoms with Gasteiger partial charge in [-0.2, -0.15) is 13.6 Å². The summed E-state index contributed by atoms with van der Waals surface area (Å²) in [7, 11) is -15.8. The fourth-order valence-corrected chi connectivity index (χ4v) is 8.97. The Bertz CT molecular complexity index is 2220. The Hall–Kier alpha value is -3.53. The molecule has 2 saturated heterocycles. The maximum absolute atomic E-state index is 12.5. The number of aryl methyl sites for hydroxylation is 1. The number of rotatable bonds is 12. The quantitative estimate of drug-likeness (QED) is 0.0474. The maximum atomic E-state index is 12.5. The normalized spacial score (nSPS) is 30.1. The second-order valence-electron chi connectivity index (χ2n) is 11.3. The summed E-state index contributed by atoms with van der Waals surface area (Å²) in [5, 5.41) is 43.9. The zero-order chi connectivity index (χ0) is 38.1. The number of phosphoric ester groups is 2. The number of hydrogen-bond donors (Lipinski definition) is 10. The number of aromatic amines is 1. The van der Waals surface area contributed by atoms with E-state index >= 15 is 0 Å². The summed E-state index contributed by atoms with van der Waals surface area (Å²) in [4.78, 5) is 59.6. The predicted octanol–water partition coefficient (Wildman–Crippen LogP) is -4.80. The van der Waals surface area contributed by atoms with Crippen molar-refractivity contribution in [1.29, 1.82) is 0 Å². The van der Waals surface area contributed by atoms with Gasteiger partial charge in [0.15, 0.2) is 29.2 Å². The van der Waals surface area contributed by atoms with Crippen LogP contribution in [0.3, 0.4) is 0 Å². The summed E-state index contributed by atoms with van der Waals surface area (Å²) in [5.74, 6) is -1.39. The first kappa shape index (κ1) is 38.2. The van der Waals surface area contributed by atoms with Crippen LogP contribution in [0.15, 0.2) is 17.4 Å². The number of ether oxygens (including phenoxy) is 2. The topological polar surface area (TPSA) is 427 Å². The minimum atomic E-state index is -5.98. The van der Waals surface area contributed by atoms with Crippen LogP contribution in [0.2, 0.25) is 0 Å². The molecule has 0 aromatic carbocycles. The standard InChI is InChI=1S/C21H30N11O17P3/c1-30-5-32(15-10(30)17(37)29-21(24)27-15)18-8(22)11(33)6(46-18)2-44-50(38,39)48-52(42,43)49-51(40,41)45-3-7-12(34)13(35)19(47-7)31-4-25-9-14(31)26-20(23)28-16(9)36/h4-8,11-13,18-19,33-35H,2-3,22H2,1H3,(H8-,23,24,26,27,28,29,36,37,38,39,40,41,42,43)/t6-,7-,8-,11-,12-,13-,18-,19-/m1/s1. The number of hydrogen-bond acceptors (Lipinski definition) is 21. The molecule has 0 aliphatic carbocycles. The van der Waals surface area contributed by atoms with Gasteiger partial charge in [0.25, 0.3) is 11.5 Å². The molecular formula is C21H30N11O17P3. The first-order valence-electron chi connectivity index (χ1n) is 14.4. The summed E-state index contributed by atoms with van der Waals surface area (Å²) in [6.45, 7) is -2.09. The van der Waals surface area contributed by atoms with E-state index in [1.54, 1.807) is 0 Å². The highest BCUT2D eigenvalue weighted by atomic mass is 31.3. The number of H-pyrrole nitrogens is 1. The van der Waals surface area contributed by atoms with E-state index in [1.807, 2.05) is 0 Å². The minimum Gasteiger partial charge on any atom is -0.856 e. The molecule has 11 atom stereocenters. The number of imidazole rings is 2. The SMILES string of the molecule is Cn1c[n+]([C@@H]2O[C@H](COP(=O)(O)OP(=O)(O)OP(=O)(O)OC[C@H]3O[C@@H](n4cnc5c(=O)[nH]c(N)nc54)[C@H](O)[C@@H]3O)[C@@H](O)[C@H]2N)c2nc(N)nc([O-])c21. The molecule has 0 radical (unpaired) electrons. The van der Waals surface area contributed by atoms with Crippen molar-refractivity contribution in [3.05, 3.63) is 23.0 Å². The Balaban J connectivity index is 1.04. The zero-order valence-electron chi connectivity index (χ0n) is 26.1. The van der Waals surface area contributed by atoms with Gasteiger partial charge >= 0.3 is 29.1 Å². The van der Waals surface area contributed by atoms with Crippen molar-refractivity contribution in [3.8, 4) is 5.88 Å². The number of nitrogens with zero attached hydrogens (tertiary/aromatic N) is 7. The van der Waals surface area contributed by atoms with Gasteiger partial charge in [0.1, 0.15) is 30.5 Å². The summed E-state index contributed by atoms with van der Waals surface area (Å²) in [6.07, 6.45) is -8.63. The molecule has 0 spiro atoms. The van der Waals surface area contributed by atoms with Crippen LogP contribution < -0.4 is 32.4 Å². The van der Waals surface area contributed by atoms with Crippen LogP contribution in [0.25, 0.3) is 22.3 Å². The van der Waals surface area contributed by atoms with E-state index in [9.17, 15) is 53.6 Å². The first-order chi connectivity index (χ1) is 24.2. The number of aliphatic hydroxyl groups is 3. The Morgan fingerprint density at radius 3 is 2.21 bits per heavy atom. The molecule has 28 nitrogen and oxygen atoms in total. The number of nitrogens with one attached hydrogen (secondary N) is 1. The monoisotopic (exact) mass is 801 g/mol. The van der Waals surface area contributed by atoms with Crippen molar-refractivity contribution >= 4 is 57.7 Å². The zero-order valence-corrected chi connectivity index (χ0v) is 28.7. The Kier molecular flexibility index (Phi) is 10.1. The van der Waals surface area contributed by atoms with Crippen molar-refractivity contribution in [2.75, 3.05) is 24.7 Å². The van der Waals surface area contributed by atoms with Crippen molar-refractivity contribution in [2.45, 2.75) is 49.0 Å². The van der Waals surface area contributed by atoms with Crippen LogP contribution in [-0.2, 0) is 47.9 Å². The number of nitrogen functional groups attached to an aromatic ring is 2. The lowest BCUT2D eigenvalue weighted by atomic mass is 10.1. The van der Waals surface area contributed by atoms with Crippen LogP contribution in [0.1, 0.15) is 12.5 Å². The smallest absolute Gasteiger partial charge is 0.490 e. The molecule has 4 aromatic heterocycles. The van der Waals surface area contributed by atoms with Crippen molar-refractivity contribution in [1.82, 2.24) is 34.1 Å². The Labute approximate surface area is 287 Å². The van der Waals surface area contributed by atoms with Crippen LogP contribution in [0, 0.1) is 0 Å². The van der Waals surface area contributed by atoms with Gasteiger partial charge in [-0.25, -0.2) is 28.2 Å². The van der Waals surface area contributed by atoms with Gasteiger partial charge in [-0.3, -0.25) is 28.0 Å². The lowest BCUT2D eigenvalue weighted by Crippen LogP contribution is -2.50. The summed E-state index contributed by atoms with van der Waals surface area (Å²) >= 11 is 0. The van der Waals surface area contributed by atoms with Gasteiger partial charge in [0, 0.05) is 5.88 Å². The second kappa shape index (κ2) is 13.7. The van der Waals surface area contributed by atoms with Crippen LogP contribution >= 0.6 is 23.5 Å². The highest BCUT2D eigenvalue weighted by Crippen LogP contribution is 2.67. The number of anilines is 2. The van der Waals surface area contributed by atoms with Gasteiger partial charge in [-0.1, -0.05) is 4.98 Å². The number of phosphoric acid groups is 3. The molecule has 13 N–H and O–H groups in total. The number of nitrogens with two attached hydrogens (primary N) is 3. The van der Waals surface area contributed by atoms with Gasteiger partial charge in [0.05, 0.1) is 32.6 Å². The van der Waals surface area contributed by atoms with Crippen molar-refractivity contribution in [2.24, 2.45) is 12.8 Å². The molecule has 52 heavy (non-hydrogen) atoms. The number of aromatic nitrogens is 8. The van der Waals surface area contributed by atoms with Crippen molar-refractivity contribution < 1.29 is 80.5 Å². The molecule has 6 heterocycles. The minimum absolute atomic E-state index is 0.00983. The molecule has 2 fully saturated rings. The largest absolute Gasteiger partial charge is 0.856 e. The van der Waals surface area contributed by atoms with Gasteiger partial charge < -0.3 is 61.8 Å². The van der Waals surface area contributed by atoms with E-state index in [0.717, 1.165) is 10.9 Å². The van der Waals surface area contributed by atoms with E-state index in [-0.39, 0.29) is 34.2 Å². The molecule has 0 bridgehead atoms. The molecule has 4 aromatic rings. The summed E-state index contributed by atoms with van der Waals surface area (Å²) in [5.41, 5.74) is 16.1. The molecule has 2 aliphatic heterocycles. The molecule has 0 amide bonds. The fourth-order valence-electron chi connectivity index (χ4n) is 5.45. The number of fused-ring (bicyclic) bond motifs is 2. The van der Waals surface area contributed by atoms with E-state index in [4.69, 9.17) is 26.7 Å². The number of aliphatic hydroxyl groups excluding tert-OH is 3. The lowest BCUT2D eigenvalue weighted by Gasteiger charge is -2.21. The molecule has 286 valence electrons. The predicted molar refractivity (Wildman–Crippen MR) is 162 cm³/mol. The average Bonchev–Trinajstić information content (AvgIpc) is 3.74.